The molecular weight excluding hydrogens is 336 g/mol. The van der Waals surface area contributed by atoms with Crippen molar-refractivity contribution in [2.24, 2.45) is 13.0 Å². The third kappa shape index (κ3) is 3.84. The highest BCUT2D eigenvalue weighted by molar-refractivity contribution is 8.00. The molecule has 7 nitrogen and oxygen atoms in total. The summed E-state index contributed by atoms with van der Waals surface area (Å²) < 4.78 is 1.80. The van der Waals surface area contributed by atoms with Gasteiger partial charge in [-0.2, -0.15) is 0 Å². The quantitative estimate of drug-likeness (QED) is 0.662. The minimum absolute atomic E-state index is 0.0489. The molecule has 132 valence electrons. The van der Waals surface area contributed by atoms with Crippen LogP contribution in [0.5, 0.6) is 0 Å². The maximum atomic E-state index is 12.7. The normalized spacial score (nSPS) is 14.0. The summed E-state index contributed by atoms with van der Waals surface area (Å²) in [6.45, 7) is 6.00. The number of imidazole rings is 1. The first kappa shape index (κ1) is 17.5. The number of fused-ring (bicyclic) bond motifs is 1. The molecule has 8 heteroatoms. The Kier molecular flexibility index (Phi) is 5.08. The Balaban J connectivity index is 1.74. The van der Waals surface area contributed by atoms with E-state index in [2.05, 4.69) is 39.3 Å². The molecule has 25 heavy (non-hydrogen) atoms. The summed E-state index contributed by atoms with van der Waals surface area (Å²) >= 11 is 1.39. The van der Waals surface area contributed by atoms with E-state index in [-0.39, 0.29) is 23.1 Å². The van der Waals surface area contributed by atoms with Crippen molar-refractivity contribution in [2.45, 2.75) is 37.2 Å². The highest BCUT2D eigenvalue weighted by atomic mass is 32.2. The molecule has 0 aliphatic rings. The van der Waals surface area contributed by atoms with E-state index in [9.17, 15) is 4.79 Å². The first-order valence-electron chi connectivity index (χ1n) is 8.21. The van der Waals surface area contributed by atoms with Gasteiger partial charge in [-0.15, -0.1) is 10.2 Å². The Hall–Kier alpha value is -2.35. The zero-order valence-corrected chi connectivity index (χ0v) is 15.5. The maximum absolute atomic E-state index is 12.7. The summed E-state index contributed by atoms with van der Waals surface area (Å²) in [7, 11) is 1.86. The van der Waals surface area contributed by atoms with E-state index >= 15 is 0 Å². The molecule has 0 fully saturated rings. The van der Waals surface area contributed by atoms with E-state index in [1.165, 1.54) is 11.8 Å². The molecule has 2 aromatic heterocycles. The van der Waals surface area contributed by atoms with Crippen LogP contribution < -0.4 is 5.32 Å². The molecule has 0 saturated carbocycles. The number of rotatable bonds is 6. The van der Waals surface area contributed by atoms with Crippen LogP contribution in [0.15, 0.2) is 35.7 Å². The molecule has 1 aromatic carbocycles. The van der Waals surface area contributed by atoms with Gasteiger partial charge in [0.2, 0.25) is 5.91 Å². The molecule has 2 heterocycles. The summed E-state index contributed by atoms with van der Waals surface area (Å²) in [5.74, 6) is 0.934. The number of benzene rings is 1. The lowest BCUT2D eigenvalue weighted by Gasteiger charge is -2.22. The molecule has 2 atom stereocenters. The van der Waals surface area contributed by atoms with Gasteiger partial charge in [0, 0.05) is 7.05 Å². The molecular formula is C17H22N6OS. The number of nitrogens with one attached hydrogen (secondary N) is 2. The van der Waals surface area contributed by atoms with Crippen molar-refractivity contribution in [3.8, 4) is 0 Å². The van der Waals surface area contributed by atoms with Crippen molar-refractivity contribution >= 4 is 28.7 Å². The number of H-pyrrole nitrogens is 1. The fraction of sp³-hybridized carbons (Fsp3) is 0.412. The molecule has 0 aliphatic carbocycles. The van der Waals surface area contributed by atoms with Crippen molar-refractivity contribution in [1.29, 1.82) is 0 Å². The first-order chi connectivity index (χ1) is 12.0. The summed E-state index contributed by atoms with van der Waals surface area (Å²) in [6.07, 6.45) is 1.62. The third-order valence-electron chi connectivity index (χ3n) is 3.99. The molecule has 0 spiro atoms. The van der Waals surface area contributed by atoms with Gasteiger partial charge in [0.15, 0.2) is 5.16 Å². The number of nitrogens with zero attached hydrogens (tertiary/aromatic N) is 4. The summed E-state index contributed by atoms with van der Waals surface area (Å²) in [5.41, 5.74) is 1.87. The van der Waals surface area contributed by atoms with Gasteiger partial charge < -0.3 is 14.9 Å². The lowest BCUT2D eigenvalue weighted by Crippen LogP contribution is -2.37. The second-order valence-electron chi connectivity index (χ2n) is 6.35. The Labute approximate surface area is 150 Å². The maximum Gasteiger partial charge on any atom is 0.233 e. The van der Waals surface area contributed by atoms with E-state index in [1.807, 2.05) is 38.2 Å². The topological polar surface area (TPSA) is 88.5 Å². The fourth-order valence-electron chi connectivity index (χ4n) is 2.53. The van der Waals surface area contributed by atoms with Crippen molar-refractivity contribution in [3.63, 3.8) is 0 Å². The van der Waals surface area contributed by atoms with Crippen LogP contribution in [-0.2, 0) is 11.8 Å². The molecule has 2 N–H and O–H groups in total. The largest absolute Gasteiger partial charge is 0.345 e. The van der Waals surface area contributed by atoms with Crippen LogP contribution in [-0.4, -0.2) is 35.9 Å². The van der Waals surface area contributed by atoms with Crippen molar-refractivity contribution in [2.75, 3.05) is 0 Å². The van der Waals surface area contributed by atoms with Crippen LogP contribution in [0, 0.1) is 5.92 Å². The average molecular weight is 358 g/mol. The van der Waals surface area contributed by atoms with Crippen molar-refractivity contribution in [1.82, 2.24) is 30.0 Å². The van der Waals surface area contributed by atoms with Gasteiger partial charge in [-0.1, -0.05) is 37.7 Å². The van der Waals surface area contributed by atoms with Gasteiger partial charge >= 0.3 is 0 Å². The van der Waals surface area contributed by atoms with Crippen LogP contribution in [0.25, 0.3) is 11.0 Å². The highest BCUT2D eigenvalue weighted by Crippen LogP contribution is 2.25. The van der Waals surface area contributed by atoms with Gasteiger partial charge in [-0.25, -0.2) is 4.98 Å². The number of aromatic nitrogens is 5. The van der Waals surface area contributed by atoms with E-state index in [4.69, 9.17) is 0 Å². The van der Waals surface area contributed by atoms with Crippen LogP contribution in [0.2, 0.25) is 0 Å². The Morgan fingerprint density at radius 3 is 2.68 bits per heavy atom. The molecule has 0 radical (unpaired) electrons. The Bertz CT molecular complexity index is 838. The second kappa shape index (κ2) is 7.26. The van der Waals surface area contributed by atoms with Crippen LogP contribution >= 0.6 is 11.8 Å². The molecule has 3 aromatic rings. The second-order valence-corrected chi connectivity index (χ2v) is 7.66. The molecule has 0 bridgehead atoms. The molecule has 2 unspecified atom stereocenters. The zero-order chi connectivity index (χ0) is 18.0. The smallest absolute Gasteiger partial charge is 0.233 e. The number of carbonyl (C=O) groups is 1. The van der Waals surface area contributed by atoms with E-state index < -0.39 is 0 Å². The average Bonchev–Trinajstić information content (AvgIpc) is 3.18. The molecule has 3 rings (SSSR count). The molecule has 0 aliphatic heterocycles. The number of para-hydroxylation sites is 2. The van der Waals surface area contributed by atoms with Crippen LogP contribution in [0.4, 0.5) is 0 Å². The Morgan fingerprint density at radius 2 is 2.04 bits per heavy atom. The van der Waals surface area contributed by atoms with E-state index in [0.29, 0.717) is 5.16 Å². The lowest BCUT2D eigenvalue weighted by atomic mass is 10.0. The number of hydrogen-bond donors (Lipinski definition) is 2. The van der Waals surface area contributed by atoms with Gasteiger partial charge in [-0.3, -0.25) is 4.79 Å². The first-order valence-corrected chi connectivity index (χ1v) is 9.09. The predicted molar refractivity (Wildman–Crippen MR) is 98.1 cm³/mol. The number of aryl methyl sites for hydroxylation is 1. The summed E-state index contributed by atoms with van der Waals surface area (Å²) in [4.78, 5) is 20.6. The van der Waals surface area contributed by atoms with Gasteiger partial charge in [-0.05, 0) is 25.0 Å². The standard InChI is InChI=1S/C17H22N6OS/c1-10(2)14(15-19-12-7-5-6-8-13(12)20-15)21-16(24)11(3)25-17-22-18-9-23(17)4/h5-11,14H,1-4H3,(H,19,20)(H,21,24). The number of amides is 1. The van der Waals surface area contributed by atoms with Gasteiger partial charge in [0.1, 0.15) is 12.2 Å². The summed E-state index contributed by atoms with van der Waals surface area (Å²) in [6, 6.07) is 7.68. The van der Waals surface area contributed by atoms with E-state index in [1.54, 1.807) is 10.9 Å². The third-order valence-corrected chi connectivity index (χ3v) is 5.14. The monoisotopic (exact) mass is 358 g/mol. The number of thioether (sulfide) groups is 1. The minimum atomic E-state index is -0.284. The Morgan fingerprint density at radius 1 is 1.28 bits per heavy atom. The molecule has 0 saturated heterocycles. The zero-order valence-electron chi connectivity index (χ0n) is 14.7. The van der Waals surface area contributed by atoms with Crippen molar-refractivity contribution < 1.29 is 4.79 Å². The number of hydrogen-bond acceptors (Lipinski definition) is 5. The van der Waals surface area contributed by atoms with Crippen LogP contribution in [0.3, 0.4) is 0 Å². The molecule has 1 amide bonds. The number of carbonyl (C=O) groups excluding carboxylic acids is 1. The highest BCUT2D eigenvalue weighted by Gasteiger charge is 2.25. The van der Waals surface area contributed by atoms with Crippen molar-refractivity contribution in [3.05, 3.63) is 36.4 Å². The van der Waals surface area contributed by atoms with Crippen LogP contribution in [0.1, 0.15) is 32.6 Å². The fourth-order valence-corrected chi connectivity index (χ4v) is 3.33. The van der Waals surface area contributed by atoms with E-state index in [0.717, 1.165) is 16.9 Å². The van der Waals surface area contributed by atoms with Gasteiger partial charge in [0.25, 0.3) is 0 Å². The minimum Gasteiger partial charge on any atom is -0.345 e. The SMILES string of the molecule is CC(Sc1nncn1C)C(=O)NC(c1nc2ccccc2[nH]1)C(C)C. The predicted octanol–water partition coefficient (Wildman–Crippen LogP) is 2.69. The number of aromatic amines is 1. The lowest BCUT2D eigenvalue weighted by molar-refractivity contribution is -0.121. The van der Waals surface area contributed by atoms with Gasteiger partial charge in [0.05, 0.1) is 22.3 Å². The summed E-state index contributed by atoms with van der Waals surface area (Å²) in [5, 5.41) is 11.4.